The Bertz CT molecular complexity index is 1310. The van der Waals surface area contributed by atoms with Crippen molar-refractivity contribution in [1.82, 2.24) is 14.5 Å². The third-order valence-electron chi connectivity index (χ3n) is 6.09. The first-order valence-electron chi connectivity index (χ1n) is 10.7. The van der Waals surface area contributed by atoms with Gasteiger partial charge in [0.1, 0.15) is 4.83 Å². The molecular weight excluding hydrogens is 442 g/mol. The van der Waals surface area contributed by atoms with Crippen LogP contribution in [0.5, 0.6) is 0 Å². The van der Waals surface area contributed by atoms with Crippen LogP contribution in [0.25, 0.3) is 10.2 Å². The number of fused-ring (bicyclic) bond motifs is 3. The summed E-state index contributed by atoms with van der Waals surface area (Å²) in [6, 6.07) is 0. The van der Waals surface area contributed by atoms with Gasteiger partial charge >= 0.3 is 0 Å². The molecule has 3 aromatic rings. The van der Waals surface area contributed by atoms with Crippen LogP contribution in [-0.4, -0.2) is 31.9 Å². The molecular formula is C24H27N3O3S2. The van der Waals surface area contributed by atoms with E-state index in [2.05, 4.69) is 18.5 Å². The average molecular weight is 470 g/mol. The van der Waals surface area contributed by atoms with E-state index in [4.69, 9.17) is 4.98 Å². The van der Waals surface area contributed by atoms with Gasteiger partial charge in [-0.25, -0.2) is 4.98 Å². The van der Waals surface area contributed by atoms with Gasteiger partial charge in [0.25, 0.3) is 5.56 Å². The van der Waals surface area contributed by atoms with Crippen molar-refractivity contribution in [3.63, 3.8) is 0 Å². The summed E-state index contributed by atoms with van der Waals surface area (Å²) in [7, 11) is 0. The fourth-order valence-corrected chi connectivity index (χ4v) is 6.87. The fraction of sp³-hybridized carbons (Fsp3) is 0.417. The topological polar surface area (TPSA) is 84.8 Å². The quantitative estimate of drug-likeness (QED) is 0.230. The smallest absolute Gasteiger partial charge is 0.263 e. The van der Waals surface area contributed by atoms with E-state index in [1.54, 1.807) is 35.8 Å². The number of ketones is 2. The van der Waals surface area contributed by atoms with Gasteiger partial charge in [0.2, 0.25) is 0 Å². The van der Waals surface area contributed by atoms with Gasteiger partial charge in [0, 0.05) is 22.7 Å². The van der Waals surface area contributed by atoms with E-state index < -0.39 is 0 Å². The molecule has 0 spiro atoms. The highest BCUT2D eigenvalue weighted by Crippen LogP contribution is 2.36. The number of thioether (sulfide) groups is 1. The number of Topliss-reactive ketones (excluding diaryl/α,β-unsaturated/α-hetero) is 2. The third-order valence-corrected chi connectivity index (χ3v) is 8.22. The van der Waals surface area contributed by atoms with Crippen LogP contribution in [0.3, 0.4) is 0 Å². The Morgan fingerprint density at radius 2 is 2.12 bits per heavy atom. The van der Waals surface area contributed by atoms with E-state index in [0.29, 0.717) is 40.1 Å². The van der Waals surface area contributed by atoms with E-state index in [1.165, 1.54) is 23.6 Å². The predicted molar refractivity (Wildman–Crippen MR) is 131 cm³/mol. The molecule has 1 aliphatic carbocycles. The summed E-state index contributed by atoms with van der Waals surface area (Å²) in [6.07, 6.45) is 4.67. The zero-order chi connectivity index (χ0) is 23.2. The van der Waals surface area contributed by atoms with Gasteiger partial charge in [-0.05, 0) is 57.1 Å². The number of H-pyrrole nitrogens is 1. The number of allylic oxidation sites excluding steroid dienone is 1. The number of nitrogens with zero attached hydrogens (tertiary/aromatic N) is 2. The molecule has 0 saturated heterocycles. The number of nitrogens with one attached hydrogen (secondary N) is 1. The maximum atomic E-state index is 13.4. The molecule has 1 aliphatic rings. The standard InChI is InChI=1S/C24H27N3O3S2/c1-6-9-27-23(30)20-16-8-7-12(2)10-18(16)32-22(20)26-24(27)31-11-17(29)21-13(3)19(15(5)28)14(4)25-21/h6,12,25H,1,7-11H2,2-5H3/t12-/m0/s1. The normalized spacial score (nSPS) is 15.7. The second kappa shape index (κ2) is 8.83. The molecule has 6 nitrogen and oxygen atoms in total. The van der Waals surface area contributed by atoms with Crippen molar-refractivity contribution in [2.45, 2.75) is 58.7 Å². The predicted octanol–water partition coefficient (Wildman–Crippen LogP) is 4.89. The lowest BCUT2D eigenvalue weighted by molar-refractivity contribution is 0.101. The second-order valence-corrected chi connectivity index (χ2v) is 10.5. The molecule has 0 saturated carbocycles. The number of aromatic nitrogens is 3. The molecule has 0 fully saturated rings. The molecule has 0 amide bonds. The molecule has 0 radical (unpaired) electrons. The van der Waals surface area contributed by atoms with Crippen molar-refractivity contribution in [2.75, 3.05) is 5.75 Å². The Kier molecular flexibility index (Phi) is 6.27. The van der Waals surface area contributed by atoms with Crippen molar-refractivity contribution in [3.8, 4) is 0 Å². The van der Waals surface area contributed by atoms with Crippen molar-refractivity contribution >= 4 is 44.9 Å². The summed E-state index contributed by atoms with van der Waals surface area (Å²) >= 11 is 2.86. The Hall–Kier alpha value is -2.45. The first kappa shape index (κ1) is 22.7. The van der Waals surface area contributed by atoms with Gasteiger partial charge in [-0.3, -0.25) is 19.0 Å². The van der Waals surface area contributed by atoms with E-state index in [-0.39, 0.29) is 22.9 Å². The number of hydrogen-bond acceptors (Lipinski definition) is 6. The largest absolute Gasteiger partial charge is 0.355 e. The van der Waals surface area contributed by atoms with Crippen LogP contribution in [0.15, 0.2) is 22.6 Å². The molecule has 8 heteroatoms. The summed E-state index contributed by atoms with van der Waals surface area (Å²) < 4.78 is 1.62. The molecule has 4 rings (SSSR count). The number of aromatic amines is 1. The first-order chi connectivity index (χ1) is 15.2. The number of aryl methyl sites for hydroxylation is 2. The Labute approximate surface area is 195 Å². The Balaban J connectivity index is 1.69. The summed E-state index contributed by atoms with van der Waals surface area (Å²) in [6.45, 7) is 11.5. The van der Waals surface area contributed by atoms with Gasteiger partial charge in [-0.2, -0.15) is 0 Å². The van der Waals surface area contributed by atoms with Crippen LogP contribution in [0, 0.1) is 19.8 Å². The zero-order valence-corrected chi connectivity index (χ0v) is 20.5. The minimum Gasteiger partial charge on any atom is -0.355 e. The molecule has 0 unspecified atom stereocenters. The highest BCUT2D eigenvalue weighted by atomic mass is 32.2. The lowest BCUT2D eigenvalue weighted by Gasteiger charge is -2.17. The maximum Gasteiger partial charge on any atom is 0.263 e. The van der Waals surface area contributed by atoms with Gasteiger partial charge in [-0.1, -0.05) is 24.8 Å². The summed E-state index contributed by atoms with van der Waals surface area (Å²) in [5.41, 5.74) is 3.49. The molecule has 0 aromatic carbocycles. The zero-order valence-electron chi connectivity index (χ0n) is 18.8. The van der Waals surface area contributed by atoms with Gasteiger partial charge in [0.05, 0.1) is 16.8 Å². The monoisotopic (exact) mass is 469 g/mol. The minimum atomic E-state index is -0.123. The Morgan fingerprint density at radius 1 is 1.38 bits per heavy atom. The maximum absolute atomic E-state index is 13.4. The van der Waals surface area contributed by atoms with Crippen LogP contribution in [-0.2, 0) is 19.4 Å². The number of hydrogen-bond donors (Lipinski definition) is 1. The third kappa shape index (κ3) is 3.90. The van der Waals surface area contributed by atoms with Gasteiger partial charge in [0.15, 0.2) is 16.7 Å². The van der Waals surface area contributed by atoms with E-state index in [1.807, 2.05) is 0 Å². The number of carbonyl (C=O) groups is 2. The summed E-state index contributed by atoms with van der Waals surface area (Å²) in [5, 5.41) is 1.26. The highest BCUT2D eigenvalue weighted by Gasteiger charge is 2.25. The SMILES string of the molecule is C=CCn1c(SCC(=O)c2[nH]c(C)c(C(C)=O)c2C)nc2sc3c(c2c1=O)CC[C@H](C)C3. The van der Waals surface area contributed by atoms with Gasteiger partial charge < -0.3 is 4.98 Å². The first-order valence-corrected chi connectivity index (χ1v) is 12.5. The molecule has 32 heavy (non-hydrogen) atoms. The van der Waals surface area contributed by atoms with Crippen molar-refractivity contribution in [2.24, 2.45) is 5.92 Å². The van der Waals surface area contributed by atoms with Crippen molar-refractivity contribution < 1.29 is 9.59 Å². The lowest BCUT2D eigenvalue weighted by Crippen LogP contribution is -2.24. The summed E-state index contributed by atoms with van der Waals surface area (Å²) in [4.78, 5) is 48.1. The van der Waals surface area contributed by atoms with Crippen molar-refractivity contribution in [1.29, 1.82) is 0 Å². The average Bonchev–Trinajstić information content (AvgIpc) is 3.24. The number of thiophene rings is 1. The lowest BCUT2D eigenvalue weighted by atomic mass is 9.89. The molecule has 3 heterocycles. The van der Waals surface area contributed by atoms with Gasteiger partial charge in [-0.15, -0.1) is 17.9 Å². The number of rotatable bonds is 7. The van der Waals surface area contributed by atoms with E-state index >= 15 is 0 Å². The van der Waals surface area contributed by atoms with E-state index in [0.717, 1.165) is 35.0 Å². The molecule has 1 atom stereocenters. The molecule has 1 N–H and O–H groups in total. The molecule has 0 aliphatic heterocycles. The minimum absolute atomic E-state index is 0.0531. The van der Waals surface area contributed by atoms with Crippen LogP contribution in [0.2, 0.25) is 0 Å². The van der Waals surface area contributed by atoms with Crippen LogP contribution in [0.4, 0.5) is 0 Å². The number of carbonyl (C=O) groups excluding carboxylic acids is 2. The van der Waals surface area contributed by atoms with Crippen molar-refractivity contribution in [3.05, 3.63) is 56.0 Å². The highest BCUT2D eigenvalue weighted by molar-refractivity contribution is 7.99. The molecule has 3 aromatic heterocycles. The molecule has 168 valence electrons. The Morgan fingerprint density at radius 3 is 2.78 bits per heavy atom. The molecule has 0 bridgehead atoms. The van der Waals surface area contributed by atoms with Crippen LogP contribution >= 0.6 is 23.1 Å². The fourth-order valence-electron chi connectivity index (χ4n) is 4.56. The summed E-state index contributed by atoms with van der Waals surface area (Å²) in [5.74, 6) is 0.549. The second-order valence-electron chi connectivity index (χ2n) is 8.52. The van der Waals surface area contributed by atoms with E-state index in [9.17, 15) is 14.4 Å². The van der Waals surface area contributed by atoms with Crippen LogP contribution in [0.1, 0.15) is 62.8 Å². The van der Waals surface area contributed by atoms with Crippen LogP contribution < -0.4 is 5.56 Å².